The van der Waals surface area contributed by atoms with Crippen molar-refractivity contribution in [3.8, 4) is 17.2 Å². The first kappa shape index (κ1) is 23.3. The highest BCUT2D eigenvalue weighted by Crippen LogP contribution is 2.43. The number of fused-ring (bicyclic) bond motifs is 1. The van der Waals surface area contributed by atoms with Gasteiger partial charge in [-0.2, -0.15) is 23.5 Å². The van der Waals surface area contributed by atoms with Gasteiger partial charge in [-0.25, -0.2) is 8.42 Å². The number of benzene rings is 1. The van der Waals surface area contributed by atoms with Gasteiger partial charge in [-0.3, -0.25) is 9.40 Å². The summed E-state index contributed by atoms with van der Waals surface area (Å²) < 4.78 is 68.7. The van der Waals surface area contributed by atoms with Crippen LogP contribution in [0.5, 0.6) is 0 Å². The maximum absolute atomic E-state index is 13.9. The van der Waals surface area contributed by atoms with Crippen LogP contribution < -0.4 is 10.0 Å². The molecule has 7 nitrogen and oxygen atoms in total. The van der Waals surface area contributed by atoms with Crippen molar-refractivity contribution in [3.05, 3.63) is 57.0 Å². The van der Waals surface area contributed by atoms with Gasteiger partial charge < -0.3 is 5.32 Å². The van der Waals surface area contributed by atoms with E-state index in [2.05, 4.69) is 21.2 Å². The SMILES string of the molecule is CCn1cc(-c2cc(NS(C)(=O)=O)ccc2C2CNCc3sc(C#N)cc32)c(C(F)(F)F)n1. The van der Waals surface area contributed by atoms with Gasteiger partial charge >= 0.3 is 6.18 Å². The number of rotatable bonds is 5. The number of anilines is 1. The quantitative estimate of drug-likeness (QED) is 0.555. The highest BCUT2D eigenvalue weighted by Gasteiger charge is 2.39. The van der Waals surface area contributed by atoms with Gasteiger partial charge in [-0.15, -0.1) is 11.3 Å². The maximum atomic E-state index is 13.9. The third-order valence-electron chi connectivity index (χ3n) is 5.34. The standard InChI is InChI=1S/C21H20F3N5O2S2/c1-3-29-11-18(20(27-29)21(22,23)24)15-6-12(28-33(2,30)31)4-5-14(15)17-9-26-10-19-16(17)7-13(8-25)32-19/h4-7,11,17,26,28H,3,9-10H2,1-2H3. The zero-order chi connectivity index (χ0) is 24.0. The first-order valence-corrected chi connectivity index (χ1v) is 12.7. The van der Waals surface area contributed by atoms with Gasteiger partial charge in [0.1, 0.15) is 10.9 Å². The van der Waals surface area contributed by atoms with Crippen LogP contribution in [0.15, 0.2) is 30.5 Å². The molecule has 2 aromatic heterocycles. The normalized spacial score (nSPS) is 16.3. The number of sulfonamides is 1. The first-order chi connectivity index (χ1) is 15.5. The fourth-order valence-electron chi connectivity index (χ4n) is 4.01. The van der Waals surface area contributed by atoms with Crippen LogP contribution in [0.3, 0.4) is 0 Å². The van der Waals surface area contributed by atoms with Crippen LogP contribution in [0.1, 0.15) is 39.4 Å². The lowest BCUT2D eigenvalue weighted by molar-refractivity contribution is -0.141. The van der Waals surface area contributed by atoms with E-state index in [4.69, 9.17) is 0 Å². The molecule has 1 unspecified atom stereocenters. The smallest absolute Gasteiger partial charge is 0.311 e. The molecule has 0 saturated carbocycles. The minimum absolute atomic E-state index is 0.126. The second-order valence-corrected chi connectivity index (χ2v) is 10.6. The van der Waals surface area contributed by atoms with E-state index in [0.29, 0.717) is 23.5 Å². The Labute approximate surface area is 192 Å². The molecule has 1 aliphatic heterocycles. The lowest BCUT2D eigenvalue weighted by Gasteiger charge is -2.26. The summed E-state index contributed by atoms with van der Waals surface area (Å²) >= 11 is 1.35. The topological polar surface area (TPSA) is 99.8 Å². The monoisotopic (exact) mass is 495 g/mol. The predicted molar refractivity (Wildman–Crippen MR) is 119 cm³/mol. The van der Waals surface area contributed by atoms with Crippen molar-refractivity contribution >= 4 is 27.0 Å². The van der Waals surface area contributed by atoms with E-state index in [-0.39, 0.29) is 29.3 Å². The third-order valence-corrected chi connectivity index (χ3v) is 7.00. The lowest BCUT2D eigenvalue weighted by Crippen LogP contribution is -2.28. The minimum Gasteiger partial charge on any atom is -0.311 e. The van der Waals surface area contributed by atoms with E-state index in [1.807, 2.05) is 0 Å². The number of aromatic nitrogens is 2. The molecule has 0 saturated heterocycles. The van der Waals surface area contributed by atoms with Gasteiger partial charge in [0.15, 0.2) is 5.69 Å². The van der Waals surface area contributed by atoms with E-state index >= 15 is 0 Å². The van der Waals surface area contributed by atoms with Gasteiger partial charge in [0.05, 0.1) is 6.26 Å². The fraction of sp³-hybridized carbons (Fsp3) is 0.333. The Morgan fingerprint density at radius 1 is 1.30 bits per heavy atom. The third kappa shape index (κ3) is 4.75. The molecule has 33 heavy (non-hydrogen) atoms. The number of nitriles is 1. The molecule has 1 aliphatic rings. The van der Waals surface area contributed by atoms with Crippen LogP contribution in [0.4, 0.5) is 18.9 Å². The van der Waals surface area contributed by atoms with Gasteiger partial charge in [-0.05, 0) is 41.8 Å². The number of nitrogens with zero attached hydrogens (tertiary/aromatic N) is 3. The summed E-state index contributed by atoms with van der Waals surface area (Å²) in [5.74, 6) is -0.319. The zero-order valence-corrected chi connectivity index (χ0v) is 19.3. The molecule has 0 fully saturated rings. The van der Waals surface area contributed by atoms with Crippen molar-refractivity contribution < 1.29 is 21.6 Å². The Morgan fingerprint density at radius 3 is 2.70 bits per heavy atom. The van der Waals surface area contributed by atoms with Crippen molar-refractivity contribution in [2.24, 2.45) is 0 Å². The number of aryl methyl sites for hydroxylation is 1. The van der Waals surface area contributed by atoms with Gasteiger partial charge in [-0.1, -0.05) is 6.07 Å². The lowest BCUT2D eigenvalue weighted by atomic mass is 9.84. The van der Waals surface area contributed by atoms with E-state index < -0.39 is 21.9 Å². The van der Waals surface area contributed by atoms with Crippen LogP contribution in [-0.4, -0.2) is 31.0 Å². The summed E-state index contributed by atoms with van der Waals surface area (Å²) in [4.78, 5) is 1.48. The average molecular weight is 496 g/mol. The van der Waals surface area contributed by atoms with Crippen molar-refractivity contribution in [3.63, 3.8) is 0 Å². The summed E-state index contributed by atoms with van der Waals surface area (Å²) in [5, 5.41) is 16.3. The molecule has 4 rings (SSSR count). The molecule has 0 bridgehead atoms. The van der Waals surface area contributed by atoms with Crippen LogP contribution in [0.2, 0.25) is 0 Å². The fourth-order valence-corrected chi connectivity index (χ4v) is 5.55. The minimum atomic E-state index is -4.69. The van der Waals surface area contributed by atoms with Crippen molar-refractivity contribution in [2.45, 2.75) is 32.1 Å². The van der Waals surface area contributed by atoms with Crippen LogP contribution >= 0.6 is 11.3 Å². The van der Waals surface area contributed by atoms with Gasteiger partial charge in [0.25, 0.3) is 0 Å². The van der Waals surface area contributed by atoms with Gasteiger partial charge in [0, 0.05) is 47.9 Å². The summed E-state index contributed by atoms with van der Waals surface area (Å²) in [5.41, 5.74) is 0.705. The molecular formula is C21H20F3N5O2S2. The predicted octanol–water partition coefficient (Wildman–Crippen LogP) is 4.13. The number of halogens is 3. The zero-order valence-electron chi connectivity index (χ0n) is 17.7. The average Bonchev–Trinajstić information content (AvgIpc) is 3.36. The molecule has 0 spiro atoms. The second kappa shape index (κ2) is 8.48. The Balaban J connectivity index is 1.95. The highest BCUT2D eigenvalue weighted by atomic mass is 32.2. The Bertz CT molecular complexity index is 1350. The molecule has 2 N–H and O–H groups in total. The van der Waals surface area contributed by atoms with Crippen LogP contribution in [-0.2, 0) is 29.3 Å². The molecular weight excluding hydrogens is 475 g/mol. The van der Waals surface area contributed by atoms with E-state index in [1.165, 1.54) is 34.3 Å². The van der Waals surface area contributed by atoms with Crippen LogP contribution in [0.25, 0.3) is 11.1 Å². The molecule has 3 aromatic rings. The molecule has 174 valence electrons. The van der Waals surface area contributed by atoms with Gasteiger partial charge in [0.2, 0.25) is 10.0 Å². The summed E-state index contributed by atoms with van der Waals surface area (Å²) in [6.07, 6.45) is -2.39. The molecule has 12 heteroatoms. The van der Waals surface area contributed by atoms with Crippen molar-refractivity contribution in [2.75, 3.05) is 17.5 Å². The Morgan fingerprint density at radius 2 is 2.06 bits per heavy atom. The number of alkyl halides is 3. The summed E-state index contributed by atoms with van der Waals surface area (Å²) in [6.45, 7) is 2.96. The molecule has 3 heterocycles. The molecule has 1 aromatic carbocycles. The number of thiophene rings is 1. The van der Waals surface area contributed by atoms with Crippen molar-refractivity contribution in [1.29, 1.82) is 5.26 Å². The number of hydrogen-bond donors (Lipinski definition) is 2. The summed E-state index contributed by atoms with van der Waals surface area (Å²) in [7, 11) is -3.64. The highest BCUT2D eigenvalue weighted by molar-refractivity contribution is 7.92. The van der Waals surface area contributed by atoms with Crippen molar-refractivity contribution in [1.82, 2.24) is 15.1 Å². The Hall–Kier alpha value is -2.88. The van der Waals surface area contributed by atoms with E-state index in [1.54, 1.807) is 19.1 Å². The van der Waals surface area contributed by atoms with E-state index in [9.17, 15) is 26.9 Å². The molecule has 1 atom stereocenters. The van der Waals surface area contributed by atoms with Crippen LogP contribution in [0, 0.1) is 11.3 Å². The molecule has 0 aliphatic carbocycles. The first-order valence-electron chi connectivity index (χ1n) is 10.00. The Kier molecular flexibility index (Phi) is 5.98. The molecule has 0 radical (unpaired) electrons. The number of nitrogens with one attached hydrogen (secondary N) is 2. The number of hydrogen-bond acceptors (Lipinski definition) is 6. The maximum Gasteiger partial charge on any atom is 0.435 e. The molecule has 0 amide bonds. The van der Waals surface area contributed by atoms with E-state index in [0.717, 1.165) is 16.7 Å². The second-order valence-electron chi connectivity index (χ2n) is 7.71. The largest absolute Gasteiger partial charge is 0.435 e. The summed E-state index contributed by atoms with van der Waals surface area (Å²) in [6, 6.07) is 8.48.